The van der Waals surface area contributed by atoms with Crippen molar-refractivity contribution in [3.05, 3.63) is 29.8 Å². The summed E-state index contributed by atoms with van der Waals surface area (Å²) in [7, 11) is 0. The van der Waals surface area contributed by atoms with Gasteiger partial charge in [-0.25, -0.2) is 0 Å². The number of hydrogen-bond acceptors (Lipinski definition) is 5. The monoisotopic (exact) mass is 378 g/mol. The summed E-state index contributed by atoms with van der Waals surface area (Å²) in [6, 6.07) is 7.78. The third kappa shape index (κ3) is 4.42. The summed E-state index contributed by atoms with van der Waals surface area (Å²) in [6.45, 7) is 8.45. The number of thioether (sulfide) groups is 1. The summed E-state index contributed by atoms with van der Waals surface area (Å²) in [6.07, 6.45) is 2.47. The summed E-state index contributed by atoms with van der Waals surface area (Å²) < 4.78 is 5.82. The second-order valence-electron chi connectivity index (χ2n) is 7.59. The topological polar surface area (TPSA) is 53.0 Å². The average molecular weight is 379 g/mol. The summed E-state index contributed by atoms with van der Waals surface area (Å²) in [5.74, 6) is 0.538. The second-order valence-corrected chi connectivity index (χ2v) is 8.44. The predicted molar refractivity (Wildman–Crippen MR) is 105 cm³/mol. The molecule has 1 aromatic carbocycles. The molecule has 0 unspecified atom stereocenters. The highest BCUT2D eigenvalue weighted by Gasteiger charge is 2.37. The maximum atomic E-state index is 13.0. The number of benzene rings is 1. The van der Waals surface area contributed by atoms with Crippen LogP contribution in [0, 0.1) is 11.8 Å². The van der Waals surface area contributed by atoms with E-state index in [0.29, 0.717) is 19.0 Å². The molecule has 6 heteroatoms. The molecule has 0 radical (unpaired) electrons. The molecular formula is C20H30N2O3S. The van der Waals surface area contributed by atoms with Crippen molar-refractivity contribution in [1.82, 2.24) is 9.80 Å². The molecule has 144 valence electrons. The van der Waals surface area contributed by atoms with Gasteiger partial charge in [0.1, 0.15) is 0 Å². The minimum atomic E-state index is 0.0830. The van der Waals surface area contributed by atoms with E-state index in [2.05, 4.69) is 18.7 Å². The fraction of sp³-hybridized carbons (Fsp3) is 0.650. The fourth-order valence-electron chi connectivity index (χ4n) is 4.28. The first-order valence-corrected chi connectivity index (χ1v) is 10.6. The van der Waals surface area contributed by atoms with E-state index in [4.69, 9.17) is 4.74 Å². The standard InChI is InChI=1S/C20H30N2O3S/c1-14-8-21(9-15(2)25-14)10-16-11-22(12-17(16)13-23)20(24)18-6-4-5-7-19(18)26-3/h4-7,14-17,23H,8-13H2,1-3H3/t14-,15+,16-,17-/m1/s1. The van der Waals surface area contributed by atoms with Gasteiger partial charge in [-0.3, -0.25) is 9.69 Å². The zero-order valence-corrected chi connectivity index (χ0v) is 16.7. The van der Waals surface area contributed by atoms with Crippen molar-refractivity contribution in [3.8, 4) is 0 Å². The summed E-state index contributed by atoms with van der Waals surface area (Å²) >= 11 is 1.60. The Balaban J connectivity index is 1.67. The first-order valence-electron chi connectivity index (χ1n) is 9.42. The van der Waals surface area contributed by atoms with Gasteiger partial charge >= 0.3 is 0 Å². The van der Waals surface area contributed by atoms with E-state index in [1.54, 1.807) is 11.8 Å². The molecule has 0 bridgehead atoms. The Morgan fingerprint density at radius 2 is 1.81 bits per heavy atom. The third-order valence-corrected chi connectivity index (χ3v) is 6.22. The quantitative estimate of drug-likeness (QED) is 0.796. The molecule has 2 heterocycles. The number of amides is 1. The SMILES string of the molecule is CSc1ccccc1C(=O)N1C[C@@H](CN2C[C@@H](C)O[C@@H](C)C2)[C@@H](CO)C1. The zero-order valence-electron chi connectivity index (χ0n) is 15.9. The molecule has 26 heavy (non-hydrogen) atoms. The first kappa shape index (κ1) is 19.7. The molecule has 2 saturated heterocycles. The molecule has 3 rings (SSSR count). The molecule has 0 saturated carbocycles. The van der Waals surface area contributed by atoms with Crippen LogP contribution in [0.25, 0.3) is 0 Å². The number of carbonyl (C=O) groups is 1. The van der Waals surface area contributed by atoms with Crippen molar-refractivity contribution < 1.29 is 14.6 Å². The van der Waals surface area contributed by atoms with E-state index in [1.807, 2.05) is 35.4 Å². The van der Waals surface area contributed by atoms with Crippen LogP contribution in [0.15, 0.2) is 29.2 Å². The number of aliphatic hydroxyl groups is 1. The van der Waals surface area contributed by atoms with Crippen LogP contribution in [0.5, 0.6) is 0 Å². The Labute approximate surface area is 160 Å². The van der Waals surface area contributed by atoms with Crippen LogP contribution in [-0.2, 0) is 4.74 Å². The lowest BCUT2D eigenvalue weighted by Crippen LogP contribution is -2.48. The minimum Gasteiger partial charge on any atom is -0.396 e. The van der Waals surface area contributed by atoms with Gasteiger partial charge in [-0.15, -0.1) is 11.8 Å². The normalized spacial score (nSPS) is 29.9. The molecule has 5 nitrogen and oxygen atoms in total. The fourth-order valence-corrected chi connectivity index (χ4v) is 4.86. The zero-order chi connectivity index (χ0) is 18.7. The Bertz CT molecular complexity index is 617. The molecule has 0 aromatic heterocycles. The average Bonchev–Trinajstić information content (AvgIpc) is 3.03. The number of likely N-dealkylation sites (tertiary alicyclic amines) is 1. The highest BCUT2D eigenvalue weighted by Crippen LogP contribution is 2.29. The maximum Gasteiger partial charge on any atom is 0.255 e. The van der Waals surface area contributed by atoms with E-state index in [1.165, 1.54) is 0 Å². The van der Waals surface area contributed by atoms with Crippen molar-refractivity contribution in [2.75, 3.05) is 45.6 Å². The third-order valence-electron chi connectivity index (χ3n) is 5.42. The van der Waals surface area contributed by atoms with Crippen molar-refractivity contribution in [1.29, 1.82) is 0 Å². The van der Waals surface area contributed by atoms with Gasteiger partial charge in [0, 0.05) is 50.1 Å². The van der Waals surface area contributed by atoms with Gasteiger partial charge in [-0.2, -0.15) is 0 Å². The highest BCUT2D eigenvalue weighted by atomic mass is 32.2. The van der Waals surface area contributed by atoms with Gasteiger partial charge in [0.2, 0.25) is 0 Å². The molecule has 2 aliphatic heterocycles. The molecule has 2 fully saturated rings. The van der Waals surface area contributed by atoms with Gasteiger partial charge in [0.05, 0.1) is 17.8 Å². The lowest BCUT2D eigenvalue weighted by Gasteiger charge is -2.37. The summed E-state index contributed by atoms with van der Waals surface area (Å²) in [5, 5.41) is 9.86. The van der Waals surface area contributed by atoms with Crippen LogP contribution in [-0.4, -0.2) is 78.6 Å². The largest absolute Gasteiger partial charge is 0.396 e. The van der Waals surface area contributed by atoms with Gasteiger partial charge in [0.25, 0.3) is 5.91 Å². The molecular weight excluding hydrogens is 348 g/mol. The van der Waals surface area contributed by atoms with Crippen LogP contribution in [0.2, 0.25) is 0 Å². The minimum absolute atomic E-state index is 0.0830. The number of aliphatic hydroxyl groups excluding tert-OH is 1. The van der Waals surface area contributed by atoms with E-state index in [9.17, 15) is 9.90 Å². The molecule has 0 aliphatic carbocycles. The van der Waals surface area contributed by atoms with Gasteiger partial charge < -0.3 is 14.7 Å². The molecule has 4 atom stereocenters. The molecule has 2 aliphatic rings. The number of ether oxygens (including phenoxy) is 1. The van der Waals surface area contributed by atoms with E-state index in [0.717, 1.165) is 30.1 Å². The van der Waals surface area contributed by atoms with Crippen molar-refractivity contribution in [2.24, 2.45) is 11.8 Å². The second kappa shape index (κ2) is 8.74. The Morgan fingerprint density at radius 3 is 2.46 bits per heavy atom. The molecule has 0 spiro atoms. The molecule has 1 aromatic rings. The number of morpholine rings is 1. The van der Waals surface area contributed by atoms with Crippen LogP contribution in [0.3, 0.4) is 0 Å². The van der Waals surface area contributed by atoms with E-state index >= 15 is 0 Å². The number of nitrogens with zero attached hydrogens (tertiary/aromatic N) is 2. The van der Waals surface area contributed by atoms with Crippen molar-refractivity contribution in [2.45, 2.75) is 31.0 Å². The maximum absolute atomic E-state index is 13.0. The van der Waals surface area contributed by atoms with Crippen molar-refractivity contribution >= 4 is 17.7 Å². The van der Waals surface area contributed by atoms with E-state index in [-0.39, 0.29) is 30.6 Å². The summed E-state index contributed by atoms with van der Waals surface area (Å²) in [5.41, 5.74) is 0.769. The van der Waals surface area contributed by atoms with Crippen molar-refractivity contribution in [3.63, 3.8) is 0 Å². The van der Waals surface area contributed by atoms with Gasteiger partial charge in [-0.1, -0.05) is 12.1 Å². The number of rotatable bonds is 5. The van der Waals surface area contributed by atoms with E-state index < -0.39 is 0 Å². The number of hydrogen-bond donors (Lipinski definition) is 1. The number of carbonyl (C=O) groups excluding carboxylic acids is 1. The smallest absolute Gasteiger partial charge is 0.255 e. The van der Waals surface area contributed by atoms with Crippen LogP contribution >= 0.6 is 11.8 Å². The lowest BCUT2D eigenvalue weighted by atomic mass is 9.96. The molecule has 1 amide bonds. The van der Waals surface area contributed by atoms with Crippen LogP contribution in [0.1, 0.15) is 24.2 Å². The van der Waals surface area contributed by atoms with Gasteiger partial charge in [-0.05, 0) is 38.2 Å². The van der Waals surface area contributed by atoms with Gasteiger partial charge in [0.15, 0.2) is 0 Å². The first-order chi connectivity index (χ1) is 12.5. The van der Waals surface area contributed by atoms with Crippen LogP contribution in [0.4, 0.5) is 0 Å². The highest BCUT2D eigenvalue weighted by molar-refractivity contribution is 7.98. The molecule has 1 N–H and O–H groups in total. The summed E-state index contributed by atoms with van der Waals surface area (Å²) in [4.78, 5) is 18.4. The van der Waals surface area contributed by atoms with Crippen LogP contribution < -0.4 is 0 Å². The Kier molecular flexibility index (Phi) is 6.61. The lowest BCUT2D eigenvalue weighted by molar-refractivity contribution is -0.0726. The Morgan fingerprint density at radius 1 is 1.15 bits per heavy atom. The Hall–Kier alpha value is -1.08. The predicted octanol–water partition coefficient (Wildman–Crippen LogP) is 2.20.